The Morgan fingerprint density at radius 3 is 2.55 bits per heavy atom. The van der Waals surface area contributed by atoms with Gasteiger partial charge in [-0.2, -0.15) is 0 Å². The number of nitrogens with zero attached hydrogens (tertiary/aromatic N) is 1. The molecular formula is C24H30N2O6S. The second-order valence-electron chi connectivity index (χ2n) is 9.24. The van der Waals surface area contributed by atoms with Crippen molar-refractivity contribution in [3.05, 3.63) is 59.2 Å². The van der Waals surface area contributed by atoms with Crippen LogP contribution in [0.25, 0.3) is 0 Å². The number of benzene rings is 2. The van der Waals surface area contributed by atoms with Gasteiger partial charge in [0.15, 0.2) is 0 Å². The average Bonchev–Trinajstić information content (AvgIpc) is 3.17. The van der Waals surface area contributed by atoms with Crippen molar-refractivity contribution in [2.45, 2.75) is 63.5 Å². The lowest BCUT2D eigenvalue weighted by Gasteiger charge is -2.29. The van der Waals surface area contributed by atoms with E-state index in [1.54, 1.807) is 17.0 Å². The number of hydrogen-bond donors (Lipinski definition) is 2. The maximum atomic E-state index is 13.1. The number of carboxylic acids is 1. The van der Waals surface area contributed by atoms with Gasteiger partial charge in [-0.3, -0.25) is 4.72 Å². The molecule has 1 aliphatic heterocycles. The molecule has 0 unspecified atom stereocenters. The summed E-state index contributed by atoms with van der Waals surface area (Å²) in [6, 6.07) is 10.7. The molecule has 1 saturated heterocycles. The van der Waals surface area contributed by atoms with E-state index in [0.29, 0.717) is 18.7 Å². The molecule has 1 fully saturated rings. The number of aromatic carboxylic acids is 1. The first kappa shape index (κ1) is 24.6. The van der Waals surface area contributed by atoms with E-state index in [9.17, 15) is 23.1 Å². The van der Waals surface area contributed by atoms with Crippen LogP contribution in [0.15, 0.2) is 47.4 Å². The van der Waals surface area contributed by atoms with E-state index >= 15 is 0 Å². The first-order chi connectivity index (χ1) is 15.4. The van der Waals surface area contributed by atoms with Gasteiger partial charge in [0.25, 0.3) is 10.0 Å². The lowest BCUT2D eigenvalue weighted by Crippen LogP contribution is -2.40. The summed E-state index contributed by atoms with van der Waals surface area (Å²) in [6.45, 7) is 7.94. The number of sulfonamides is 1. The number of hydrogen-bond acceptors (Lipinski definition) is 5. The normalized spacial score (nSPS) is 16.5. The quantitative estimate of drug-likeness (QED) is 0.640. The number of carbonyl (C=O) groups excluding carboxylic acids is 1. The van der Waals surface area contributed by atoms with Crippen molar-refractivity contribution < 1.29 is 27.9 Å². The molecule has 0 aromatic heterocycles. The molecule has 0 saturated carbocycles. The average molecular weight is 475 g/mol. The fraction of sp³-hybridized carbons (Fsp3) is 0.417. The van der Waals surface area contributed by atoms with Crippen LogP contribution in [0.1, 0.15) is 55.1 Å². The molecule has 1 aliphatic rings. The van der Waals surface area contributed by atoms with Gasteiger partial charge in [-0.25, -0.2) is 18.0 Å². The number of amides is 1. The van der Waals surface area contributed by atoms with Crippen molar-refractivity contribution in [2.75, 3.05) is 11.3 Å². The Kier molecular flexibility index (Phi) is 7.02. The van der Waals surface area contributed by atoms with Crippen molar-refractivity contribution in [1.82, 2.24) is 4.90 Å². The maximum Gasteiger partial charge on any atom is 0.410 e. The zero-order valence-electron chi connectivity index (χ0n) is 19.3. The van der Waals surface area contributed by atoms with Crippen LogP contribution in [-0.2, 0) is 21.2 Å². The largest absolute Gasteiger partial charge is 0.478 e. The molecule has 1 atom stereocenters. The predicted molar refractivity (Wildman–Crippen MR) is 125 cm³/mol. The summed E-state index contributed by atoms with van der Waals surface area (Å²) < 4.78 is 34.2. The number of carboxylic acid groups (broad SMARTS) is 1. The summed E-state index contributed by atoms with van der Waals surface area (Å²) in [4.78, 5) is 25.6. The van der Waals surface area contributed by atoms with E-state index < -0.39 is 21.6 Å². The van der Waals surface area contributed by atoms with Gasteiger partial charge in [-0.05, 0) is 70.7 Å². The second-order valence-corrected chi connectivity index (χ2v) is 10.9. The highest BCUT2D eigenvalue weighted by atomic mass is 32.2. The van der Waals surface area contributed by atoms with Crippen molar-refractivity contribution in [3.63, 3.8) is 0 Å². The molecule has 0 radical (unpaired) electrons. The van der Waals surface area contributed by atoms with E-state index in [1.165, 1.54) is 24.3 Å². The Hall–Kier alpha value is -3.07. The number of likely N-dealkylation sites (tertiary alicyclic amines) is 1. The van der Waals surface area contributed by atoms with E-state index in [2.05, 4.69) is 4.72 Å². The van der Waals surface area contributed by atoms with Gasteiger partial charge in [0.1, 0.15) is 10.5 Å². The summed E-state index contributed by atoms with van der Waals surface area (Å²) in [6.07, 6.45) is 1.68. The van der Waals surface area contributed by atoms with Gasteiger partial charge in [0, 0.05) is 12.6 Å². The smallest absolute Gasteiger partial charge is 0.410 e. The fourth-order valence-electron chi connectivity index (χ4n) is 3.93. The van der Waals surface area contributed by atoms with E-state index in [-0.39, 0.29) is 22.6 Å². The van der Waals surface area contributed by atoms with Crippen LogP contribution in [0.5, 0.6) is 0 Å². The van der Waals surface area contributed by atoms with Crippen molar-refractivity contribution in [3.8, 4) is 0 Å². The Labute approximate surface area is 194 Å². The third-order valence-electron chi connectivity index (χ3n) is 5.37. The Balaban J connectivity index is 1.89. The zero-order valence-corrected chi connectivity index (χ0v) is 20.1. The standard InChI is InChI=1S/C24H30N2O6S/c1-16-11-12-20(25-33(30,31)21-10-6-5-9-19(21)22(27)28)17(14-16)15-18-8-7-13-26(18)23(29)32-24(2,3)4/h5-6,9-12,14,18,25H,7-8,13,15H2,1-4H3,(H,27,28)/t18-/m0/s1. The van der Waals surface area contributed by atoms with E-state index in [0.717, 1.165) is 24.0 Å². The summed E-state index contributed by atoms with van der Waals surface area (Å²) in [5.74, 6) is -1.32. The molecule has 1 heterocycles. The van der Waals surface area contributed by atoms with Crippen LogP contribution in [-0.4, -0.2) is 48.7 Å². The van der Waals surface area contributed by atoms with Crippen molar-refractivity contribution in [2.24, 2.45) is 0 Å². The third-order valence-corrected chi connectivity index (χ3v) is 6.80. The molecule has 0 spiro atoms. The minimum Gasteiger partial charge on any atom is -0.478 e. The lowest BCUT2D eigenvalue weighted by molar-refractivity contribution is 0.0226. The highest BCUT2D eigenvalue weighted by molar-refractivity contribution is 7.92. The number of ether oxygens (including phenoxy) is 1. The molecule has 3 rings (SSSR count). The van der Waals surface area contributed by atoms with Crippen LogP contribution >= 0.6 is 0 Å². The maximum absolute atomic E-state index is 13.1. The molecule has 33 heavy (non-hydrogen) atoms. The highest BCUT2D eigenvalue weighted by Gasteiger charge is 2.33. The van der Waals surface area contributed by atoms with Gasteiger partial charge < -0.3 is 14.7 Å². The molecule has 2 aromatic rings. The van der Waals surface area contributed by atoms with Crippen molar-refractivity contribution >= 4 is 27.8 Å². The van der Waals surface area contributed by atoms with Crippen molar-refractivity contribution in [1.29, 1.82) is 0 Å². The number of carbonyl (C=O) groups is 2. The van der Waals surface area contributed by atoms with E-state index in [1.807, 2.05) is 33.8 Å². The predicted octanol–water partition coefficient (Wildman–Crippen LogP) is 4.44. The molecule has 2 N–H and O–H groups in total. The summed E-state index contributed by atoms with van der Waals surface area (Å²) in [7, 11) is -4.15. The summed E-state index contributed by atoms with van der Waals surface area (Å²) in [5.41, 5.74) is 1.13. The van der Waals surface area contributed by atoms with E-state index in [4.69, 9.17) is 4.74 Å². The van der Waals surface area contributed by atoms with Crippen LogP contribution < -0.4 is 4.72 Å². The number of aryl methyl sites for hydroxylation is 1. The summed E-state index contributed by atoms with van der Waals surface area (Å²) >= 11 is 0. The molecule has 9 heteroatoms. The van der Waals surface area contributed by atoms with Crippen LogP contribution in [0.4, 0.5) is 10.5 Å². The zero-order chi connectivity index (χ0) is 24.4. The second kappa shape index (κ2) is 9.43. The molecule has 2 aromatic carbocycles. The van der Waals surface area contributed by atoms with Gasteiger partial charge in [0.2, 0.25) is 0 Å². The fourth-order valence-corrected chi connectivity index (χ4v) is 5.23. The van der Waals surface area contributed by atoms with Gasteiger partial charge >= 0.3 is 12.1 Å². The summed E-state index contributed by atoms with van der Waals surface area (Å²) in [5, 5.41) is 9.40. The Morgan fingerprint density at radius 2 is 1.88 bits per heavy atom. The van der Waals surface area contributed by atoms with Gasteiger partial charge in [0.05, 0.1) is 11.3 Å². The molecule has 8 nitrogen and oxygen atoms in total. The number of nitrogens with one attached hydrogen (secondary N) is 1. The molecule has 1 amide bonds. The van der Waals surface area contributed by atoms with Crippen LogP contribution in [0, 0.1) is 6.92 Å². The van der Waals surface area contributed by atoms with Crippen LogP contribution in [0.3, 0.4) is 0 Å². The highest BCUT2D eigenvalue weighted by Crippen LogP contribution is 2.29. The van der Waals surface area contributed by atoms with Crippen LogP contribution in [0.2, 0.25) is 0 Å². The number of rotatable bonds is 6. The monoisotopic (exact) mass is 474 g/mol. The Bertz CT molecular complexity index is 1150. The first-order valence-electron chi connectivity index (χ1n) is 10.8. The SMILES string of the molecule is Cc1ccc(NS(=O)(=O)c2ccccc2C(=O)O)c(C[C@@H]2CCCN2C(=O)OC(C)(C)C)c1. The Morgan fingerprint density at radius 1 is 1.18 bits per heavy atom. The first-order valence-corrected chi connectivity index (χ1v) is 12.3. The molecule has 0 aliphatic carbocycles. The van der Waals surface area contributed by atoms with Gasteiger partial charge in [-0.1, -0.05) is 29.8 Å². The molecule has 0 bridgehead atoms. The molecular weight excluding hydrogens is 444 g/mol. The molecule has 178 valence electrons. The minimum atomic E-state index is -4.15. The lowest BCUT2D eigenvalue weighted by atomic mass is 10.0. The topological polar surface area (TPSA) is 113 Å². The third kappa shape index (κ3) is 6.04. The number of anilines is 1. The minimum absolute atomic E-state index is 0.129. The van der Waals surface area contributed by atoms with Gasteiger partial charge in [-0.15, -0.1) is 0 Å².